The summed E-state index contributed by atoms with van der Waals surface area (Å²) in [5.41, 5.74) is 2.89. The fourth-order valence-corrected chi connectivity index (χ4v) is 6.11. The van der Waals surface area contributed by atoms with E-state index in [-0.39, 0.29) is 11.6 Å². The number of hydrogen-bond acceptors (Lipinski definition) is 3. The molecule has 4 aliphatic rings. The van der Waals surface area contributed by atoms with Gasteiger partial charge in [0.15, 0.2) is 0 Å². The minimum absolute atomic E-state index is 0.0416. The van der Waals surface area contributed by atoms with Crippen LogP contribution < -0.4 is 10.6 Å². The van der Waals surface area contributed by atoms with E-state index in [9.17, 15) is 4.79 Å². The van der Waals surface area contributed by atoms with Crippen molar-refractivity contribution in [3.63, 3.8) is 0 Å². The number of carbonyl (C=O) groups is 1. The van der Waals surface area contributed by atoms with Crippen LogP contribution in [0.3, 0.4) is 0 Å². The molecule has 4 aliphatic carbocycles. The zero-order valence-corrected chi connectivity index (χ0v) is 15.8. The number of rotatable bonds is 4. The highest BCUT2D eigenvalue weighted by Gasteiger charge is 2.51. The monoisotopic (exact) mass is 365 g/mol. The maximum absolute atomic E-state index is 12.7. The molecule has 2 aromatic heterocycles. The number of pyridine rings is 1. The van der Waals surface area contributed by atoms with E-state index in [2.05, 4.69) is 20.7 Å². The zero-order chi connectivity index (χ0) is 18.4. The van der Waals surface area contributed by atoms with E-state index in [0.29, 0.717) is 6.54 Å². The van der Waals surface area contributed by atoms with Crippen LogP contribution >= 0.6 is 0 Å². The summed E-state index contributed by atoms with van der Waals surface area (Å²) in [6, 6.07) is 3.88. The Morgan fingerprint density at radius 2 is 1.93 bits per heavy atom. The van der Waals surface area contributed by atoms with Crippen molar-refractivity contribution >= 4 is 6.03 Å². The van der Waals surface area contributed by atoms with E-state index in [1.165, 1.54) is 38.5 Å². The van der Waals surface area contributed by atoms with Crippen LogP contribution in [-0.4, -0.2) is 26.3 Å². The fourth-order valence-electron chi connectivity index (χ4n) is 6.11. The number of nitrogens with one attached hydrogen (secondary N) is 2. The molecule has 2 heterocycles. The molecule has 6 rings (SSSR count). The van der Waals surface area contributed by atoms with Gasteiger partial charge in [0, 0.05) is 37.1 Å². The lowest BCUT2D eigenvalue weighted by atomic mass is 9.53. The van der Waals surface area contributed by atoms with Crippen LogP contribution in [0.4, 0.5) is 4.79 Å². The average molecular weight is 365 g/mol. The third-order valence-corrected chi connectivity index (χ3v) is 6.73. The summed E-state index contributed by atoms with van der Waals surface area (Å²) in [7, 11) is 1.89. The molecule has 2 amide bonds. The van der Waals surface area contributed by atoms with E-state index >= 15 is 0 Å². The molecule has 0 radical (unpaired) electrons. The molecule has 0 spiro atoms. The van der Waals surface area contributed by atoms with Crippen LogP contribution in [0.15, 0.2) is 30.7 Å². The second kappa shape index (κ2) is 6.36. The van der Waals surface area contributed by atoms with Crippen molar-refractivity contribution in [2.75, 3.05) is 0 Å². The Bertz CT molecular complexity index is 822. The summed E-state index contributed by atoms with van der Waals surface area (Å²) in [4.78, 5) is 17.2. The van der Waals surface area contributed by atoms with E-state index in [1.54, 1.807) is 17.1 Å². The Kier molecular flexibility index (Phi) is 3.95. The van der Waals surface area contributed by atoms with Gasteiger partial charge in [-0.15, -0.1) is 0 Å². The van der Waals surface area contributed by atoms with Crippen LogP contribution in [0.2, 0.25) is 0 Å². The normalized spacial score (nSPS) is 31.1. The minimum atomic E-state index is -0.0436. The number of amides is 2. The molecule has 4 bridgehead atoms. The highest BCUT2D eigenvalue weighted by atomic mass is 16.2. The summed E-state index contributed by atoms with van der Waals surface area (Å²) < 4.78 is 1.76. The predicted molar refractivity (Wildman–Crippen MR) is 103 cm³/mol. The van der Waals surface area contributed by atoms with Crippen LogP contribution in [0.25, 0.3) is 11.3 Å². The van der Waals surface area contributed by atoms with Gasteiger partial charge in [-0.2, -0.15) is 5.10 Å². The summed E-state index contributed by atoms with van der Waals surface area (Å²) in [6.07, 6.45) is 13.2. The van der Waals surface area contributed by atoms with Gasteiger partial charge in [-0.3, -0.25) is 9.67 Å². The third kappa shape index (κ3) is 3.22. The van der Waals surface area contributed by atoms with Crippen LogP contribution in [0.1, 0.15) is 44.1 Å². The highest BCUT2D eigenvalue weighted by Crippen LogP contribution is 2.55. The molecule has 0 unspecified atom stereocenters. The van der Waals surface area contributed by atoms with Crippen LogP contribution in [0, 0.1) is 17.8 Å². The highest BCUT2D eigenvalue weighted by molar-refractivity contribution is 5.75. The van der Waals surface area contributed by atoms with E-state index in [4.69, 9.17) is 0 Å². The maximum atomic E-state index is 12.7. The summed E-state index contributed by atoms with van der Waals surface area (Å²) in [5, 5.41) is 10.7. The molecule has 2 N–H and O–H groups in total. The van der Waals surface area contributed by atoms with Crippen molar-refractivity contribution < 1.29 is 4.79 Å². The van der Waals surface area contributed by atoms with E-state index < -0.39 is 0 Å². The molecule has 142 valence electrons. The van der Waals surface area contributed by atoms with Gasteiger partial charge in [0.05, 0.1) is 11.9 Å². The predicted octanol–water partition coefficient (Wildman–Crippen LogP) is 3.25. The Hall–Kier alpha value is -2.37. The Labute approximate surface area is 159 Å². The van der Waals surface area contributed by atoms with Crippen LogP contribution in [0.5, 0.6) is 0 Å². The third-order valence-electron chi connectivity index (χ3n) is 6.73. The Balaban J connectivity index is 1.25. The van der Waals surface area contributed by atoms with Gasteiger partial charge in [-0.25, -0.2) is 4.79 Å². The molecule has 6 nitrogen and oxygen atoms in total. The maximum Gasteiger partial charge on any atom is 0.315 e. The van der Waals surface area contributed by atoms with E-state index in [1.807, 2.05) is 25.4 Å². The first-order valence-corrected chi connectivity index (χ1v) is 10.1. The smallest absolute Gasteiger partial charge is 0.315 e. The number of carbonyl (C=O) groups excluding carboxylic acids is 1. The fraction of sp³-hybridized carbons (Fsp3) is 0.571. The Morgan fingerprint density at radius 1 is 1.22 bits per heavy atom. The van der Waals surface area contributed by atoms with Gasteiger partial charge in [-0.05, 0) is 67.9 Å². The van der Waals surface area contributed by atoms with Crippen molar-refractivity contribution in [3.05, 3.63) is 36.3 Å². The quantitative estimate of drug-likeness (QED) is 0.874. The van der Waals surface area contributed by atoms with Gasteiger partial charge in [-0.1, -0.05) is 6.07 Å². The molecule has 0 saturated heterocycles. The number of nitrogens with zero attached hydrogens (tertiary/aromatic N) is 3. The van der Waals surface area contributed by atoms with Crippen molar-refractivity contribution in [1.82, 2.24) is 25.4 Å². The number of hydrogen-bond donors (Lipinski definition) is 2. The SMILES string of the molecule is Cn1cc(-c2ncccc2CNC(=O)NC23CC4CC(CC(C4)C2)C3)cn1. The van der Waals surface area contributed by atoms with Gasteiger partial charge in [0.1, 0.15) is 0 Å². The number of aryl methyl sites for hydroxylation is 1. The first-order valence-electron chi connectivity index (χ1n) is 10.1. The molecule has 0 aliphatic heterocycles. The molecule has 2 aromatic rings. The Morgan fingerprint density at radius 3 is 2.56 bits per heavy atom. The lowest BCUT2D eigenvalue weighted by Crippen LogP contribution is -2.61. The van der Waals surface area contributed by atoms with Gasteiger partial charge in [0.2, 0.25) is 0 Å². The zero-order valence-electron chi connectivity index (χ0n) is 15.8. The number of aromatic nitrogens is 3. The number of urea groups is 1. The molecular formula is C21H27N5O. The average Bonchev–Trinajstić information content (AvgIpc) is 3.05. The standard InChI is InChI=1S/C21H27N5O/c1-26-13-18(12-24-26)19-17(3-2-4-22-19)11-23-20(27)25-21-8-14-5-15(9-21)7-16(6-14)10-21/h2-4,12-16H,5-11H2,1H3,(H2,23,25,27). The van der Waals surface area contributed by atoms with Gasteiger partial charge < -0.3 is 10.6 Å². The molecule has 4 saturated carbocycles. The summed E-state index contributed by atoms with van der Waals surface area (Å²) in [5.74, 6) is 2.48. The first kappa shape index (κ1) is 16.8. The lowest BCUT2D eigenvalue weighted by Gasteiger charge is -2.56. The van der Waals surface area contributed by atoms with Crippen molar-refractivity contribution in [2.24, 2.45) is 24.8 Å². The molecular weight excluding hydrogens is 338 g/mol. The van der Waals surface area contributed by atoms with Crippen LogP contribution in [-0.2, 0) is 13.6 Å². The molecule has 0 aromatic carbocycles. The molecule has 6 heteroatoms. The van der Waals surface area contributed by atoms with Crippen molar-refractivity contribution in [2.45, 2.75) is 50.6 Å². The van der Waals surface area contributed by atoms with E-state index in [0.717, 1.165) is 34.6 Å². The van der Waals surface area contributed by atoms with Gasteiger partial charge >= 0.3 is 6.03 Å². The minimum Gasteiger partial charge on any atom is -0.334 e. The molecule has 0 atom stereocenters. The first-order chi connectivity index (χ1) is 13.1. The molecule has 27 heavy (non-hydrogen) atoms. The second-order valence-electron chi connectivity index (χ2n) is 8.92. The van der Waals surface area contributed by atoms with Crippen molar-refractivity contribution in [1.29, 1.82) is 0 Å². The molecule has 4 fully saturated rings. The second-order valence-corrected chi connectivity index (χ2v) is 8.92. The lowest BCUT2D eigenvalue weighted by molar-refractivity contribution is -0.0135. The topological polar surface area (TPSA) is 71.8 Å². The van der Waals surface area contributed by atoms with Crippen molar-refractivity contribution in [3.8, 4) is 11.3 Å². The summed E-state index contributed by atoms with van der Waals surface area (Å²) in [6.45, 7) is 0.469. The summed E-state index contributed by atoms with van der Waals surface area (Å²) >= 11 is 0. The van der Waals surface area contributed by atoms with Gasteiger partial charge in [0.25, 0.3) is 0 Å². The largest absolute Gasteiger partial charge is 0.334 e.